The van der Waals surface area contributed by atoms with E-state index in [1.54, 1.807) is 0 Å². The van der Waals surface area contributed by atoms with Gasteiger partial charge in [0.15, 0.2) is 0 Å². The van der Waals surface area contributed by atoms with Crippen LogP contribution in [-0.4, -0.2) is 4.57 Å². The summed E-state index contributed by atoms with van der Waals surface area (Å²) in [5.41, 5.74) is 26.2. The minimum Gasteiger partial charge on any atom is -0.310 e. The molecule has 0 saturated carbocycles. The molecule has 2 heteroatoms. The third kappa shape index (κ3) is 6.02. The molecule has 0 bridgehead atoms. The van der Waals surface area contributed by atoms with Gasteiger partial charge in [-0.3, -0.25) is 0 Å². The fourth-order valence-electron chi connectivity index (χ4n) is 14.9. The zero-order chi connectivity index (χ0) is 52.5. The molecule has 2 nitrogen and oxygen atoms in total. The summed E-state index contributed by atoms with van der Waals surface area (Å²) in [7, 11) is 0. The second-order valence-corrected chi connectivity index (χ2v) is 21.8. The number of anilines is 3. The minimum atomic E-state index is -0.553. The molecule has 14 aromatic rings. The smallest absolute Gasteiger partial charge is 0.0754 e. The standard InChI is InChI=1S/C78H50N2/c1-4-21-51(22-5-1)52-39-42-56(43-40-52)79(57-44-46-63-60-28-12-15-33-67(60)77(72(63)50-57,54-23-6-2-7-24-54)55-25-8-3-9-26-55)74-48-47-58(59-27-10-11-30-64(59)74)53-41-45-62-61-29-13-16-34-68(61)78(71(62)49-53)69-35-17-19-38-75(69)80-73-37-18-14-31-65(73)66-32-20-36-70(78)76(66)80/h1-50H. The highest BCUT2D eigenvalue weighted by Gasteiger charge is 2.51. The maximum absolute atomic E-state index is 2.54. The zero-order valence-corrected chi connectivity index (χ0v) is 43.8. The molecule has 1 aromatic heterocycles. The number of hydrogen-bond donors (Lipinski definition) is 0. The van der Waals surface area contributed by atoms with Crippen molar-refractivity contribution in [3.05, 3.63) is 348 Å². The van der Waals surface area contributed by atoms with E-state index in [1.807, 2.05) is 0 Å². The van der Waals surface area contributed by atoms with E-state index in [-0.39, 0.29) is 0 Å². The van der Waals surface area contributed by atoms with Crippen LogP contribution < -0.4 is 4.90 Å². The minimum absolute atomic E-state index is 0.551. The molecule has 0 radical (unpaired) electrons. The molecule has 1 spiro atoms. The Balaban J connectivity index is 0.888. The molecule has 0 saturated heterocycles. The largest absolute Gasteiger partial charge is 0.310 e. The SMILES string of the molecule is c1ccc(-c2ccc(N(c3ccc4c(c3)C(c3ccccc3)(c3ccccc3)c3ccccc3-4)c3ccc(-c4ccc5c(c4)C4(c6ccccc6-5)c5ccccc5-n5c6ccccc6c6cccc4c65)c4ccccc34)cc2)cc1. The summed E-state index contributed by atoms with van der Waals surface area (Å²) in [5, 5.41) is 4.94. The van der Waals surface area contributed by atoms with Gasteiger partial charge >= 0.3 is 0 Å². The lowest BCUT2D eigenvalue weighted by Gasteiger charge is -2.39. The van der Waals surface area contributed by atoms with Crippen LogP contribution in [0.4, 0.5) is 17.1 Å². The number of nitrogens with zero attached hydrogens (tertiary/aromatic N) is 2. The van der Waals surface area contributed by atoms with Crippen LogP contribution in [0.15, 0.2) is 303 Å². The van der Waals surface area contributed by atoms with Gasteiger partial charge < -0.3 is 9.47 Å². The molecule has 0 fully saturated rings. The molecular formula is C78H50N2. The third-order valence-electron chi connectivity index (χ3n) is 18.1. The Labute approximate surface area is 465 Å². The van der Waals surface area contributed by atoms with E-state index in [0.29, 0.717) is 0 Å². The first-order valence-electron chi connectivity index (χ1n) is 27.9. The van der Waals surface area contributed by atoms with Gasteiger partial charge in [0.05, 0.1) is 33.2 Å². The second kappa shape index (κ2) is 17.1. The van der Waals surface area contributed by atoms with Crippen LogP contribution in [-0.2, 0) is 10.8 Å². The highest BCUT2D eigenvalue weighted by Crippen LogP contribution is 2.62. The van der Waals surface area contributed by atoms with Gasteiger partial charge in [-0.2, -0.15) is 0 Å². The Morgan fingerprint density at radius 3 is 1.48 bits per heavy atom. The number of rotatable bonds is 7. The number of hydrogen-bond acceptors (Lipinski definition) is 1. The molecule has 80 heavy (non-hydrogen) atoms. The molecule has 0 amide bonds. The van der Waals surface area contributed by atoms with Gasteiger partial charge in [-0.25, -0.2) is 0 Å². The van der Waals surface area contributed by atoms with Crippen molar-refractivity contribution >= 4 is 49.6 Å². The van der Waals surface area contributed by atoms with Crippen LogP contribution in [0.5, 0.6) is 0 Å². The van der Waals surface area contributed by atoms with Crippen molar-refractivity contribution in [1.29, 1.82) is 0 Å². The van der Waals surface area contributed by atoms with Crippen molar-refractivity contribution in [2.45, 2.75) is 10.8 Å². The molecular weight excluding hydrogens is 965 g/mol. The summed E-state index contributed by atoms with van der Waals surface area (Å²) in [5.74, 6) is 0. The summed E-state index contributed by atoms with van der Waals surface area (Å²) in [6.07, 6.45) is 0. The van der Waals surface area contributed by atoms with Crippen molar-refractivity contribution in [2.24, 2.45) is 0 Å². The van der Waals surface area contributed by atoms with Crippen LogP contribution in [0, 0.1) is 0 Å². The Morgan fingerprint density at radius 1 is 0.263 bits per heavy atom. The first kappa shape index (κ1) is 44.8. The molecule has 1 aliphatic heterocycles. The van der Waals surface area contributed by atoms with E-state index in [4.69, 9.17) is 0 Å². The number of para-hydroxylation sites is 3. The molecule has 13 aromatic carbocycles. The Bertz CT molecular complexity index is 4780. The fraction of sp³-hybridized carbons (Fsp3) is 0.0256. The van der Waals surface area contributed by atoms with Crippen molar-refractivity contribution in [1.82, 2.24) is 4.57 Å². The first-order chi connectivity index (χ1) is 39.7. The topological polar surface area (TPSA) is 8.17 Å². The maximum Gasteiger partial charge on any atom is 0.0754 e. The highest BCUT2D eigenvalue weighted by molar-refractivity contribution is 6.13. The molecule has 1 atom stereocenters. The lowest BCUT2D eigenvalue weighted by Crippen LogP contribution is -2.33. The van der Waals surface area contributed by atoms with Gasteiger partial charge in [-0.15, -0.1) is 0 Å². The fourth-order valence-corrected chi connectivity index (χ4v) is 14.9. The van der Waals surface area contributed by atoms with Crippen LogP contribution >= 0.6 is 0 Å². The van der Waals surface area contributed by atoms with Crippen molar-refractivity contribution in [3.8, 4) is 50.2 Å². The van der Waals surface area contributed by atoms with E-state index in [1.165, 1.54) is 127 Å². The Kier molecular flexibility index (Phi) is 9.58. The average Bonchev–Trinajstić information content (AvgIpc) is 4.16. The molecule has 17 rings (SSSR count). The average molecular weight is 1020 g/mol. The van der Waals surface area contributed by atoms with E-state index < -0.39 is 10.8 Å². The Hall–Kier alpha value is -10.3. The van der Waals surface area contributed by atoms with Crippen LogP contribution in [0.25, 0.3) is 82.8 Å². The lowest BCUT2D eigenvalue weighted by atomic mass is 9.65. The van der Waals surface area contributed by atoms with Crippen molar-refractivity contribution in [2.75, 3.05) is 4.90 Å². The zero-order valence-electron chi connectivity index (χ0n) is 43.8. The predicted molar refractivity (Wildman–Crippen MR) is 332 cm³/mol. The van der Waals surface area contributed by atoms with Crippen LogP contribution in [0.1, 0.15) is 44.5 Å². The molecule has 1 unspecified atom stereocenters. The van der Waals surface area contributed by atoms with E-state index in [0.717, 1.165) is 17.1 Å². The molecule has 3 aliphatic rings. The van der Waals surface area contributed by atoms with E-state index in [9.17, 15) is 0 Å². The summed E-state index contributed by atoms with van der Waals surface area (Å²) in [6.45, 7) is 0. The molecule has 372 valence electrons. The lowest BCUT2D eigenvalue weighted by molar-refractivity contribution is 0.749. The summed E-state index contributed by atoms with van der Waals surface area (Å²) >= 11 is 0. The monoisotopic (exact) mass is 1010 g/mol. The quantitative estimate of drug-likeness (QED) is 0.154. The molecule has 2 heterocycles. The first-order valence-corrected chi connectivity index (χ1v) is 27.9. The van der Waals surface area contributed by atoms with Gasteiger partial charge in [0.2, 0.25) is 0 Å². The maximum atomic E-state index is 2.54. The molecule has 2 aliphatic carbocycles. The number of benzene rings is 13. The summed E-state index contributed by atoms with van der Waals surface area (Å²) < 4.78 is 2.53. The van der Waals surface area contributed by atoms with Crippen molar-refractivity contribution in [3.63, 3.8) is 0 Å². The summed E-state index contributed by atoms with van der Waals surface area (Å²) in [4.78, 5) is 2.50. The third-order valence-corrected chi connectivity index (χ3v) is 18.1. The number of fused-ring (bicyclic) bond motifs is 16. The van der Waals surface area contributed by atoms with Gasteiger partial charge in [0, 0.05) is 27.5 Å². The normalized spacial score (nSPS) is 14.9. The van der Waals surface area contributed by atoms with E-state index >= 15 is 0 Å². The van der Waals surface area contributed by atoms with E-state index in [2.05, 4.69) is 313 Å². The van der Waals surface area contributed by atoms with Crippen molar-refractivity contribution < 1.29 is 0 Å². The van der Waals surface area contributed by atoms with Gasteiger partial charge in [0.25, 0.3) is 0 Å². The van der Waals surface area contributed by atoms with Crippen LogP contribution in [0.2, 0.25) is 0 Å². The van der Waals surface area contributed by atoms with Crippen LogP contribution in [0.3, 0.4) is 0 Å². The predicted octanol–water partition coefficient (Wildman–Crippen LogP) is 19.8. The highest BCUT2D eigenvalue weighted by atomic mass is 15.1. The molecule has 0 N–H and O–H groups in total. The Morgan fingerprint density at radius 2 is 0.750 bits per heavy atom. The second-order valence-electron chi connectivity index (χ2n) is 21.8. The van der Waals surface area contributed by atoms with Gasteiger partial charge in [-0.05, 0) is 143 Å². The number of aromatic nitrogens is 1. The van der Waals surface area contributed by atoms with Gasteiger partial charge in [-0.1, -0.05) is 255 Å². The van der Waals surface area contributed by atoms with Gasteiger partial charge in [0.1, 0.15) is 0 Å². The summed E-state index contributed by atoms with van der Waals surface area (Å²) in [6, 6.07) is 114.